The molecular weight excluding hydrogens is 302 g/mol. The van der Waals surface area contributed by atoms with Crippen LogP contribution < -0.4 is 5.46 Å². The van der Waals surface area contributed by atoms with Gasteiger partial charge >= 0.3 is 7.12 Å². The maximum absolute atomic E-state index is 13.8. The Morgan fingerprint density at radius 3 is 2.33 bits per heavy atom. The van der Waals surface area contributed by atoms with Crippen LogP contribution in [0.3, 0.4) is 0 Å². The Balaban J connectivity index is 2.96. The zero-order valence-corrected chi connectivity index (χ0v) is 12.5. The minimum atomic E-state index is -1.44. The third kappa shape index (κ3) is 3.32. The van der Waals surface area contributed by atoms with Gasteiger partial charge in [-0.2, -0.15) is 0 Å². The van der Waals surface area contributed by atoms with E-state index in [2.05, 4.69) is 15.9 Å². The van der Waals surface area contributed by atoms with Crippen molar-refractivity contribution < 1.29 is 19.2 Å². The van der Waals surface area contributed by atoms with Crippen molar-refractivity contribution in [3.05, 3.63) is 28.5 Å². The highest BCUT2D eigenvalue weighted by Crippen LogP contribution is 2.25. The quantitative estimate of drug-likeness (QED) is 0.833. The molecule has 0 aliphatic carbocycles. The molecule has 0 aliphatic heterocycles. The first-order valence-corrected chi connectivity index (χ1v) is 6.38. The molecule has 0 atom stereocenters. The fraction of sp³-hybridized carbons (Fsp3) is 0.500. The van der Waals surface area contributed by atoms with E-state index < -0.39 is 24.1 Å². The lowest BCUT2D eigenvalue weighted by Crippen LogP contribution is -2.53. The summed E-state index contributed by atoms with van der Waals surface area (Å²) in [4.78, 5) is 0. The summed E-state index contributed by atoms with van der Waals surface area (Å²) in [5.41, 5.74) is -2.17. The number of aliphatic hydroxyl groups is 1. The first-order chi connectivity index (χ1) is 8.06. The van der Waals surface area contributed by atoms with Crippen molar-refractivity contribution in [2.45, 2.75) is 38.9 Å². The van der Waals surface area contributed by atoms with E-state index in [9.17, 15) is 14.5 Å². The Morgan fingerprint density at radius 2 is 1.83 bits per heavy atom. The van der Waals surface area contributed by atoms with Crippen LogP contribution in [0.4, 0.5) is 4.39 Å². The fourth-order valence-corrected chi connectivity index (χ4v) is 1.58. The summed E-state index contributed by atoms with van der Waals surface area (Å²) in [5.74, 6) is -0.573. The van der Waals surface area contributed by atoms with Gasteiger partial charge in [-0.1, -0.05) is 12.1 Å². The summed E-state index contributed by atoms with van der Waals surface area (Å²) in [6, 6.07) is 4.57. The highest BCUT2D eigenvalue weighted by atomic mass is 79.9. The Labute approximate surface area is 115 Å². The molecule has 0 aliphatic rings. The van der Waals surface area contributed by atoms with E-state index in [1.165, 1.54) is 12.1 Å². The molecule has 3 nitrogen and oxygen atoms in total. The molecule has 6 heteroatoms. The van der Waals surface area contributed by atoms with Crippen molar-refractivity contribution in [2.24, 2.45) is 0 Å². The van der Waals surface area contributed by atoms with Gasteiger partial charge in [0.25, 0.3) is 0 Å². The minimum absolute atomic E-state index is 0.0294. The van der Waals surface area contributed by atoms with E-state index in [1.54, 1.807) is 33.8 Å². The van der Waals surface area contributed by atoms with Crippen LogP contribution in [0.25, 0.3) is 0 Å². The molecule has 1 aromatic carbocycles. The van der Waals surface area contributed by atoms with Crippen LogP contribution in [-0.4, -0.2) is 28.5 Å². The smallest absolute Gasteiger partial charge is 0.423 e. The number of halogens is 2. The minimum Gasteiger partial charge on any atom is -0.423 e. The Bertz CT molecular complexity index is 432. The lowest BCUT2D eigenvalue weighted by molar-refractivity contribution is -0.0983. The Hall–Kier alpha value is -0.425. The van der Waals surface area contributed by atoms with E-state index in [4.69, 9.17) is 4.65 Å². The van der Waals surface area contributed by atoms with Gasteiger partial charge in [0.15, 0.2) is 0 Å². The lowest BCUT2D eigenvalue weighted by Gasteiger charge is -2.38. The van der Waals surface area contributed by atoms with E-state index in [0.29, 0.717) is 0 Å². The number of rotatable bonds is 4. The maximum atomic E-state index is 13.8. The first kappa shape index (κ1) is 15.6. The summed E-state index contributed by atoms with van der Waals surface area (Å²) in [6.45, 7) is 6.40. The molecule has 0 unspecified atom stereocenters. The van der Waals surface area contributed by atoms with Crippen molar-refractivity contribution in [2.75, 3.05) is 0 Å². The molecule has 0 saturated heterocycles. The standard InChI is InChI=1S/C12H17BBrFO3/c1-11(2,16)12(3,4)18-13(17)8-6-5-7-9(14)10(8)15/h5-7,16-17H,1-4H3. The molecule has 0 amide bonds. The highest BCUT2D eigenvalue weighted by Gasteiger charge is 2.40. The van der Waals surface area contributed by atoms with Crippen molar-refractivity contribution in [1.29, 1.82) is 0 Å². The summed E-state index contributed by atoms with van der Waals surface area (Å²) >= 11 is 3.04. The van der Waals surface area contributed by atoms with Crippen LogP contribution in [0, 0.1) is 5.82 Å². The second kappa shape index (κ2) is 5.29. The third-order valence-corrected chi connectivity index (χ3v) is 3.74. The average Bonchev–Trinajstić information content (AvgIpc) is 2.19. The average molecular weight is 319 g/mol. The van der Waals surface area contributed by atoms with E-state index >= 15 is 0 Å². The highest BCUT2D eigenvalue weighted by molar-refractivity contribution is 9.10. The Kier molecular flexibility index (Phi) is 4.59. The Morgan fingerprint density at radius 1 is 1.28 bits per heavy atom. The number of hydrogen-bond donors (Lipinski definition) is 2. The van der Waals surface area contributed by atoms with Crippen LogP contribution in [0.1, 0.15) is 27.7 Å². The number of benzene rings is 1. The second-order valence-corrected chi connectivity index (χ2v) is 6.04. The first-order valence-electron chi connectivity index (χ1n) is 5.58. The largest absolute Gasteiger partial charge is 0.494 e. The van der Waals surface area contributed by atoms with Crippen molar-refractivity contribution >= 4 is 28.5 Å². The zero-order valence-electron chi connectivity index (χ0n) is 10.9. The predicted octanol–water partition coefficient (Wildman–Crippen LogP) is 1.84. The summed E-state index contributed by atoms with van der Waals surface area (Å²) in [5, 5.41) is 19.9. The molecule has 0 heterocycles. The molecule has 0 bridgehead atoms. The van der Waals surface area contributed by atoms with Gasteiger partial charge in [-0.25, -0.2) is 4.39 Å². The molecule has 0 radical (unpaired) electrons. The van der Waals surface area contributed by atoms with Crippen LogP contribution >= 0.6 is 15.9 Å². The van der Waals surface area contributed by atoms with Crippen molar-refractivity contribution in [3.8, 4) is 0 Å². The predicted molar refractivity (Wildman–Crippen MR) is 73.2 cm³/mol. The summed E-state index contributed by atoms with van der Waals surface area (Å²) in [6.07, 6.45) is 0. The van der Waals surface area contributed by atoms with Crippen LogP contribution in [0.5, 0.6) is 0 Å². The molecule has 100 valence electrons. The molecule has 0 spiro atoms. The lowest BCUT2D eigenvalue weighted by atomic mass is 9.76. The monoisotopic (exact) mass is 318 g/mol. The van der Waals surface area contributed by atoms with E-state index in [0.717, 1.165) is 0 Å². The van der Waals surface area contributed by atoms with Crippen molar-refractivity contribution in [1.82, 2.24) is 0 Å². The maximum Gasteiger partial charge on any atom is 0.494 e. The van der Waals surface area contributed by atoms with Crippen LogP contribution in [0.2, 0.25) is 0 Å². The van der Waals surface area contributed by atoms with Gasteiger partial charge < -0.3 is 14.8 Å². The van der Waals surface area contributed by atoms with Gasteiger partial charge in [0.05, 0.1) is 15.7 Å². The number of hydrogen-bond acceptors (Lipinski definition) is 3. The third-order valence-electron chi connectivity index (χ3n) is 3.13. The van der Waals surface area contributed by atoms with Gasteiger partial charge in [-0.05, 0) is 49.7 Å². The summed E-state index contributed by atoms with van der Waals surface area (Å²) in [7, 11) is -1.44. The fourth-order valence-electron chi connectivity index (χ4n) is 1.20. The molecule has 1 rings (SSSR count). The topological polar surface area (TPSA) is 49.7 Å². The normalized spacial score (nSPS) is 12.7. The van der Waals surface area contributed by atoms with Crippen LogP contribution in [-0.2, 0) is 4.65 Å². The molecule has 2 N–H and O–H groups in total. The van der Waals surface area contributed by atoms with Crippen molar-refractivity contribution in [3.63, 3.8) is 0 Å². The van der Waals surface area contributed by atoms with Gasteiger partial charge in [0, 0.05) is 5.46 Å². The van der Waals surface area contributed by atoms with Crippen LogP contribution in [0.15, 0.2) is 22.7 Å². The molecule has 0 fully saturated rings. The van der Waals surface area contributed by atoms with Gasteiger partial charge in [-0.15, -0.1) is 0 Å². The molecule has 0 saturated carbocycles. The van der Waals surface area contributed by atoms with E-state index in [1.807, 2.05) is 0 Å². The molecule has 1 aromatic rings. The van der Waals surface area contributed by atoms with Gasteiger partial charge in [-0.3, -0.25) is 0 Å². The van der Waals surface area contributed by atoms with Gasteiger partial charge in [0.1, 0.15) is 5.82 Å². The SMILES string of the molecule is CC(C)(O)C(C)(C)OB(O)c1cccc(Br)c1F. The molecular formula is C12H17BBrFO3. The van der Waals surface area contributed by atoms with E-state index in [-0.39, 0.29) is 9.94 Å². The molecule has 18 heavy (non-hydrogen) atoms. The zero-order chi connectivity index (χ0) is 14.1. The van der Waals surface area contributed by atoms with Gasteiger partial charge in [0.2, 0.25) is 0 Å². The molecule has 0 aromatic heterocycles. The summed E-state index contributed by atoms with van der Waals surface area (Å²) < 4.78 is 19.4. The second-order valence-electron chi connectivity index (χ2n) is 5.18.